The van der Waals surface area contributed by atoms with E-state index < -0.39 is 9.84 Å². The fourth-order valence-electron chi connectivity index (χ4n) is 1.23. The van der Waals surface area contributed by atoms with Gasteiger partial charge in [0.25, 0.3) is 0 Å². The van der Waals surface area contributed by atoms with Gasteiger partial charge in [-0.15, -0.1) is 11.6 Å². The van der Waals surface area contributed by atoms with Crippen LogP contribution in [-0.4, -0.2) is 44.1 Å². The maximum atomic E-state index is 12.0. The molecule has 17 heavy (non-hydrogen) atoms. The van der Waals surface area contributed by atoms with Crippen LogP contribution in [0.4, 0.5) is 5.95 Å². The first-order chi connectivity index (χ1) is 7.86. The van der Waals surface area contributed by atoms with Crippen LogP contribution in [-0.2, 0) is 9.84 Å². The number of anilines is 1. The van der Waals surface area contributed by atoms with Gasteiger partial charge >= 0.3 is 0 Å². The second kappa shape index (κ2) is 5.64. The van der Waals surface area contributed by atoms with Gasteiger partial charge in [0.15, 0.2) is 14.9 Å². The van der Waals surface area contributed by atoms with Gasteiger partial charge < -0.3 is 4.90 Å². The third kappa shape index (κ3) is 3.81. The molecule has 5 nitrogen and oxygen atoms in total. The zero-order chi connectivity index (χ0) is 13.1. The normalized spacial score (nSPS) is 13.4. The second-order valence-electron chi connectivity index (χ2n) is 4.13. The van der Waals surface area contributed by atoms with Crippen molar-refractivity contribution in [2.24, 2.45) is 5.92 Å². The molecule has 1 rings (SSSR count). The minimum absolute atomic E-state index is 0.000379. The average molecular weight is 278 g/mol. The SMILES string of the molecule is CC(CCl)CS(=O)(=O)c1ccnc(N(C)C)n1. The molecule has 1 atom stereocenters. The molecule has 96 valence electrons. The lowest BCUT2D eigenvalue weighted by atomic mass is 10.3. The van der Waals surface area contributed by atoms with Gasteiger partial charge in [-0.25, -0.2) is 18.4 Å². The number of sulfone groups is 1. The van der Waals surface area contributed by atoms with Crippen LogP contribution in [0.25, 0.3) is 0 Å². The minimum Gasteiger partial charge on any atom is -0.347 e. The van der Waals surface area contributed by atoms with E-state index in [0.29, 0.717) is 11.8 Å². The third-order valence-electron chi connectivity index (χ3n) is 2.10. The summed E-state index contributed by atoms with van der Waals surface area (Å²) in [5.74, 6) is 0.592. The van der Waals surface area contributed by atoms with E-state index in [-0.39, 0.29) is 16.7 Å². The van der Waals surface area contributed by atoms with Crippen molar-refractivity contribution in [1.29, 1.82) is 0 Å². The van der Waals surface area contributed by atoms with Crippen molar-refractivity contribution in [1.82, 2.24) is 9.97 Å². The largest absolute Gasteiger partial charge is 0.347 e. The summed E-state index contributed by atoms with van der Waals surface area (Å²) >= 11 is 5.62. The molecule has 1 aromatic heterocycles. The third-order valence-corrected chi connectivity index (χ3v) is 4.50. The summed E-state index contributed by atoms with van der Waals surface area (Å²) < 4.78 is 24.0. The van der Waals surface area contributed by atoms with Crippen molar-refractivity contribution in [3.8, 4) is 0 Å². The lowest BCUT2D eigenvalue weighted by Gasteiger charge is -2.12. The Hall–Kier alpha value is -0.880. The average Bonchev–Trinajstić information content (AvgIpc) is 2.28. The molecule has 1 aromatic rings. The van der Waals surface area contributed by atoms with Crippen molar-refractivity contribution in [2.75, 3.05) is 30.6 Å². The van der Waals surface area contributed by atoms with Crippen molar-refractivity contribution in [3.63, 3.8) is 0 Å². The van der Waals surface area contributed by atoms with Crippen LogP contribution in [0.3, 0.4) is 0 Å². The van der Waals surface area contributed by atoms with E-state index in [2.05, 4.69) is 9.97 Å². The Morgan fingerprint density at radius 3 is 2.65 bits per heavy atom. The molecular weight excluding hydrogens is 262 g/mol. The highest BCUT2D eigenvalue weighted by molar-refractivity contribution is 7.91. The van der Waals surface area contributed by atoms with Crippen LogP contribution in [0.15, 0.2) is 17.3 Å². The molecule has 0 amide bonds. The fraction of sp³-hybridized carbons (Fsp3) is 0.600. The van der Waals surface area contributed by atoms with Crippen LogP contribution >= 0.6 is 11.6 Å². The molecule has 1 unspecified atom stereocenters. The first-order valence-corrected chi connectivity index (χ1v) is 7.34. The van der Waals surface area contributed by atoms with E-state index in [4.69, 9.17) is 11.6 Å². The molecule has 1 heterocycles. The van der Waals surface area contributed by atoms with Crippen LogP contribution in [0.5, 0.6) is 0 Å². The first kappa shape index (κ1) is 14.2. The molecule has 0 aliphatic heterocycles. The zero-order valence-corrected chi connectivity index (χ0v) is 11.7. The predicted molar refractivity (Wildman–Crippen MR) is 68.3 cm³/mol. The van der Waals surface area contributed by atoms with Gasteiger partial charge in [0.2, 0.25) is 5.95 Å². The second-order valence-corrected chi connectivity index (χ2v) is 6.42. The Bertz CT molecular complexity index is 476. The Balaban J connectivity index is 3.03. The smallest absolute Gasteiger partial charge is 0.225 e. The van der Waals surface area contributed by atoms with E-state index in [1.165, 1.54) is 12.3 Å². The number of aromatic nitrogens is 2. The van der Waals surface area contributed by atoms with E-state index in [1.54, 1.807) is 25.9 Å². The van der Waals surface area contributed by atoms with Crippen molar-refractivity contribution >= 4 is 27.4 Å². The number of nitrogens with zero attached hydrogens (tertiary/aromatic N) is 3. The van der Waals surface area contributed by atoms with E-state index in [9.17, 15) is 8.42 Å². The summed E-state index contributed by atoms with van der Waals surface area (Å²) in [7, 11) is 0.124. The minimum atomic E-state index is -3.39. The Morgan fingerprint density at radius 1 is 1.47 bits per heavy atom. The molecule has 0 radical (unpaired) electrons. The maximum Gasteiger partial charge on any atom is 0.225 e. The molecule has 0 saturated heterocycles. The molecule has 0 fully saturated rings. The summed E-state index contributed by atoms with van der Waals surface area (Å²) in [6.07, 6.45) is 1.45. The van der Waals surface area contributed by atoms with Crippen LogP contribution < -0.4 is 4.90 Å². The van der Waals surface area contributed by atoms with Crippen molar-refractivity contribution in [2.45, 2.75) is 11.9 Å². The highest BCUT2D eigenvalue weighted by Crippen LogP contribution is 2.14. The summed E-state index contributed by atoms with van der Waals surface area (Å²) in [4.78, 5) is 9.65. The van der Waals surface area contributed by atoms with Crippen LogP contribution in [0.1, 0.15) is 6.92 Å². The number of halogens is 1. The van der Waals surface area contributed by atoms with E-state index >= 15 is 0 Å². The summed E-state index contributed by atoms with van der Waals surface area (Å²) in [5.41, 5.74) is 0. The monoisotopic (exact) mass is 277 g/mol. The number of hydrogen-bond acceptors (Lipinski definition) is 5. The standard InChI is InChI=1S/C10H16ClN3O2S/c1-8(6-11)7-17(15,16)9-4-5-12-10(13-9)14(2)3/h4-5,8H,6-7H2,1-3H3. The van der Waals surface area contributed by atoms with Gasteiger partial charge in [0, 0.05) is 26.2 Å². The van der Waals surface area contributed by atoms with Gasteiger partial charge in [-0.3, -0.25) is 0 Å². The maximum absolute atomic E-state index is 12.0. The first-order valence-electron chi connectivity index (χ1n) is 5.16. The van der Waals surface area contributed by atoms with E-state index in [1.807, 2.05) is 0 Å². The molecule has 0 aliphatic rings. The fourth-order valence-corrected chi connectivity index (χ4v) is 2.99. The number of rotatable bonds is 5. The van der Waals surface area contributed by atoms with Crippen LogP contribution in [0, 0.1) is 5.92 Å². The molecule has 0 N–H and O–H groups in total. The van der Waals surface area contributed by atoms with Gasteiger partial charge in [-0.2, -0.15) is 0 Å². The molecule has 7 heteroatoms. The highest BCUT2D eigenvalue weighted by Gasteiger charge is 2.20. The van der Waals surface area contributed by atoms with E-state index in [0.717, 1.165) is 0 Å². The quantitative estimate of drug-likeness (QED) is 0.598. The van der Waals surface area contributed by atoms with Gasteiger partial charge in [-0.1, -0.05) is 6.92 Å². The lowest BCUT2D eigenvalue weighted by Crippen LogP contribution is -2.19. The highest BCUT2D eigenvalue weighted by atomic mass is 35.5. The Labute approximate surface area is 107 Å². The molecule has 0 saturated carbocycles. The molecular formula is C10H16ClN3O2S. The van der Waals surface area contributed by atoms with Crippen LogP contribution in [0.2, 0.25) is 0 Å². The molecule has 0 aromatic carbocycles. The summed E-state index contributed by atoms with van der Waals surface area (Å²) in [6, 6.07) is 1.41. The molecule has 0 aliphatic carbocycles. The Morgan fingerprint density at radius 2 is 2.12 bits per heavy atom. The predicted octanol–water partition coefficient (Wildman–Crippen LogP) is 1.19. The van der Waals surface area contributed by atoms with Crippen molar-refractivity contribution in [3.05, 3.63) is 12.3 Å². The summed E-state index contributed by atoms with van der Waals surface area (Å²) in [5, 5.41) is 0.0492. The number of hydrogen-bond donors (Lipinski definition) is 0. The van der Waals surface area contributed by atoms with Gasteiger partial charge in [-0.05, 0) is 12.0 Å². The summed E-state index contributed by atoms with van der Waals surface area (Å²) in [6.45, 7) is 1.79. The molecule has 0 bridgehead atoms. The Kier molecular flexibility index (Phi) is 4.70. The topological polar surface area (TPSA) is 63.2 Å². The molecule has 0 spiro atoms. The van der Waals surface area contributed by atoms with Crippen molar-refractivity contribution < 1.29 is 8.42 Å². The number of alkyl halides is 1. The van der Waals surface area contributed by atoms with Gasteiger partial charge in [0.05, 0.1) is 5.75 Å². The zero-order valence-electron chi connectivity index (χ0n) is 10.1. The van der Waals surface area contributed by atoms with Gasteiger partial charge in [0.1, 0.15) is 0 Å². The lowest BCUT2D eigenvalue weighted by molar-refractivity contribution is 0.579.